The lowest BCUT2D eigenvalue weighted by Crippen LogP contribution is -2.24. The highest BCUT2D eigenvalue weighted by molar-refractivity contribution is 5.91. The van der Waals surface area contributed by atoms with Gasteiger partial charge in [0.2, 0.25) is 5.91 Å². The Morgan fingerprint density at radius 1 is 1.43 bits per heavy atom. The molecule has 0 bridgehead atoms. The molecule has 1 aromatic rings. The van der Waals surface area contributed by atoms with Crippen LogP contribution >= 0.6 is 0 Å². The van der Waals surface area contributed by atoms with Gasteiger partial charge in [0.15, 0.2) is 0 Å². The van der Waals surface area contributed by atoms with Crippen LogP contribution in [0.15, 0.2) is 30.4 Å². The molecule has 1 aromatic carbocycles. The molecular weight excluding hydrogens is 270 g/mol. The number of carbonyl (C=O) groups is 2. The van der Waals surface area contributed by atoms with Gasteiger partial charge in [0.05, 0.1) is 7.11 Å². The van der Waals surface area contributed by atoms with Crippen LogP contribution in [0.2, 0.25) is 0 Å². The summed E-state index contributed by atoms with van der Waals surface area (Å²) in [6, 6.07) is 4.88. The van der Waals surface area contributed by atoms with Crippen molar-refractivity contribution in [3.8, 4) is 5.75 Å². The minimum absolute atomic E-state index is 0.0146. The highest BCUT2D eigenvalue weighted by Gasteiger charge is 2.15. The summed E-state index contributed by atoms with van der Waals surface area (Å²) in [7, 11) is 1.43. The molecule has 0 heterocycles. The Kier molecular flexibility index (Phi) is 4.98. The minimum Gasteiger partial charge on any atom is -0.496 e. The number of carbonyl (C=O) groups excluding carboxylic acids is 1. The van der Waals surface area contributed by atoms with Gasteiger partial charge in [0.1, 0.15) is 11.3 Å². The van der Waals surface area contributed by atoms with E-state index in [2.05, 4.69) is 17.5 Å². The van der Waals surface area contributed by atoms with Gasteiger partial charge in [0, 0.05) is 13.0 Å². The van der Waals surface area contributed by atoms with Crippen molar-refractivity contribution < 1.29 is 19.4 Å². The summed E-state index contributed by atoms with van der Waals surface area (Å²) >= 11 is 0. The Bertz CT molecular complexity index is 565. The lowest BCUT2D eigenvalue weighted by atomic mass is 10.0. The quantitative estimate of drug-likeness (QED) is 0.788. The lowest BCUT2D eigenvalue weighted by molar-refractivity contribution is -0.121. The standard InChI is InChI=1S/C16H19NO4/c1-21-14-7-6-12(8-13(14)16(19)20)10-17-15(18)9-11-4-2-3-5-11/h2,4,6-8,11H,3,5,9-10H2,1H3,(H,17,18)(H,19,20)/t11-/m1/s1. The Hall–Kier alpha value is -2.30. The molecule has 5 heteroatoms. The molecule has 21 heavy (non-hydrogen) atoms. The SMILES string of the molecule is COc1ccc(CNC(=O)C[C@@H]2C=CCC2)cc1C(=O)O. The predicted molar refractivity (Wildman–Crippen MR) is 78.3 cm³/mol. The van der Waals surface area contributed by atoms with Crippen molar-refractivity contribution in [2.24, 2.45) is 5.92 Å². The second-order valence-electron chi connectivity index (χ2n) is 5.09. The Morgan fingerprint density at radius 2 is 2.24 bits per heavy atom. The molecule has 2 N–H and O–H groups in total. The second-order valence-corrected chi connectivity index (χ2v) is 5.09. The molecule has 0 aromatic heterocycles. The number of allylic oxidation sites excluding steroid dienone is 2. The normalized spacial score (nSPS) is 16.7. The highest BCUT2D eigenvalue weighted by Crippen LogP contribution is 2.21. The molecule has 5 nitrogen and oxygen atoms in total. The van der Waals surface area contributed by atoms with Gasteiger partial charge in [-0.2, -0.15) is 0 Å². The van der Waals surface area contributed by atoms with Crippen LogP contribution < -0.4 is 10.1 Å². The van der Waals surface area contributed by atoms with Crippen LogP contribution in [0.3, 0.4) is 0 Å². The monoisotopic (exact) mass is 289 g/mol. The molecule has 1 amide bonds. The van der Waals surface area contributed by atoms with Crippen LogP contribution in [0.4, 0.5) is 0 Å². The number of ether oxygens (including phenoxy) is 1. The Morgan fingerprint density at radius 3 is 2.86 bits per heavy atom. The largest absolute Gasteiger partial charge is 0.496 e. The molecule has 0 saturated carbocycles. The first kappa shape index (κ1) is 15.1. The smallest absolute Gasteiger partial charge is 0.339 e. The van der Waals surface area contributed by atoms with Crippen LogP contribution in [0.25, 0.3) is 0 Å². The van der Waals surface area contributed by atoms with E-state index in [1.165, 1.54) is 13.2 Å². The van der Waals surface area contributed by atoms with Gasteiger partial charge in [-0.15, -0.1) is 0 Å². The predicted octanol–water partition coefficient (Wildman–Crippen LogP) is 2.37. The van der Waals surface area contributed by atoms with Crippen LogP contribution in [0.1, 0.15) is 35.2 Å². The van der Waals surface area contributed by atoms with E-state index in [0.29, 0.717) is 24.6 Å². The van der Waals surface area contributed by atoms with E-state index in [9.17, 15) is 9.59 Å². The number of hydrogen-bond acceptors (Lipinski definition) is 3. The Balaban J connectivity index is 1.93. The molecule has 0 aliphatic heterocycles. The second kappa shape index (κ2) is 6.92. The number of rotatable bonds is 6. The fourth-order valence-corrected chi connectivity index (χ4v) is 2.41. The zero-order chi connectivity index (χ0) is 15.2. The first-order valence-electron chi connectivity index (χ1n) is 6.93. The number of carboxylic acid groups (broad SMARTS) is 1. The lowest BCUT2D eigenvalue weighted by Gasteiger charge is -2.10. The summed E-state index contributed by atoms with van der Waals surface area (Å²) in [5.41, 5.74) is 0.839. The molecule has 0 saturated heterocycles. The van der Waals surface area contributed by atoms with Crippen LogP contribution in [0, 0.1) is 5.92 Å². The van der Waals surface area contributed by atoms with Crippen molar-refractivity contribution in [2.45, 2.75) is 25.8 Å². The minimum atomic E-state index is -1.05. The molecule has 0 unspecified atom stereocenters. The van der Waals surface area contributed by atoms with Gasteiger partial charge in [-0.05, 0) is 36.5 Å². The van der Waals surface area contributed by atoms with Gasteiger partial charge < -0.3 is 15.2 Å². The summed E-state index contributed by atoms with van der Waals surface area (Å²) < 4.78 is 5.00. The van der Waals surface area contributed by atoms with Crippen LogP contribution in [-0.4, -0.2) is 24.1 Å². The molecule has 2 rings (SSSR count). The first-order valence-corrected chi connectivity index (χ1v) is 6.93. The average Bonchev–Trinajstić information content (AvgIpc) is 2.97. The fourth-order valence-electron chi connectivity index (χ4n) is 2.41. The van der Waals surface area contributed by atoms with Gasteiger partial charge in [-0.1, -0.05) is 18.2 Å². The number of carboxylic acids is 1. The van der Waals surface area contributed by atoms with Gasteiger partial charge >= 0.3 is 5.97 Å². The van der Waals surface area contributed by atoms with E-state index in [1.54, 1.807) is 12.1 Å². The third kappa shape index (κ3) is 4.08. The van der Waals surface area contributed by atoms with E-state index in [1.807, 2.05) is 0 Å². The molecule has 1 atom stereocenters. The number of benzene rings is 1. The van der Waals surface area contributed by atoms with Gasteiger partial charge in [-0.3, -0.25) is 4.79 Å². The van der Waals surface area contributed by atoms with Crippen molar-refractivity contribution in [1.82, 2.24) is 5.32 Å². The summed E-state index contributed by atoms with van der Waals surface area (Å²) in [6.07, 6.45) is 6.73. The molecule has 0 radical (unpaired) electrons. The van der Waals surface area contributed by atoms with Crippen molar-refractivity contribution >= 4 is 11.9 Å². The fraction of sp³-hybridized carbons (Fsp3) is 0.375. The maximum atomic E-state index is 11.8. The van der Waals surface area contributed by atoms with Gasteiger partial charge in [0.25, 0.3) is 0 Å². The highest BCUT2D eigenvalue weighted by atomic mass is 16.5. The molecule has 1 aliphatic rings. The summed E-state index contributed by atoms with van der Waals surface area (Å²) in [5, 5.41) is 11.9. The Labute approximate surface area is 123 Å². The van der Waals surface area contributed by atoms with E-state index < -0.39 is 5.97 Å². The number of hydrogen-bond donors (Lipinski definition) is 2. The van der Waals surface area contributed by atoms with Crippen LogP contribution in [0.5, 0.6) is 5.75 Å². The molecule has 1 aliphatic carbocycles. The molecule has 0 spiro atoms. The third-order valence-electron chi connectivity index (χ3n) is 3.54. The van der Waals surface area contributed by atoms with E-state index in [0.717, 1.165) is 18.4 Å². The van der Waals surface area contributed by atoms with Crippen molar-refractivity contribution in [2.75, 3.05) is 7.11 Å². The maximum Gasteiger partial charge on any atom is 0.339 e. The number of amides is 1. The zero-order valence-electron chi connectivity index (χ0n) is 12.0. The number of nitrogens with one attached hydrogen (secondary N) is 1. The topological polar surface area (TPSA) is 75.6 Å². The first-order chi connectivity index (χ1) is 10.1. The summed E-state index contributed by atoms with van der Waals surface area (Å²) in [4.78, 5) is 23.0. The van der Waals surface area contributed by atoms with E-state index in [-0.39, 0.29) is 11.5 Å². The third-order valence-corrected chi connectivity index (χ3v) is 3.54. The molecule has 112 valence electrons. The average molecular weight is 289 g/mol. The maximum absolute atomic E-state index is 11.8. The van der Waals surface area contributed by atoms with Crippen LogP contribution in [-0.2, 0) is 11.3 Å². The van der Waals surface area contributed by atoms with Crippen molar-refractivity contribution in [1.29, 1.82) is 0 Å². The van der Waals surface area contributed by atoms with Crippen molar-refractivity contribution in [3.63, 3.8) is 0 Å². The molecule has 0 fully saturated rings. The summed E-state index contributed by atoms with van der Waals surface area (Å²) in [6.45, 7) is 0.319. The van der Waals surface area contributed by atoms with E-state index in [4.69, 9.17) is 9.84 Å². The van der Waals surface area contributed by atoms with Gasteiger partial charge in [-0.25, -0.2) is 4.79 Å². The van der Waals surface area contributed by atoms with E-state index >= 15 is 0 Å². The number of aromatic carboxylic acids is 1. The summed E-state index contributed by atoms with van der Waals surface area (Å²) in [5.74, 6) is -0.417. The van der Waals surface area contributed by atoms with Crippen molar-refractivity contribution in [3.05, 3.63) is 41.5 Å². The zero-order valence-corrected chi connectivity index (χ0v) is 12.0. The number of methoxy groups -OCH3 is 1. The molecular formula is C16H19NO4.